The minimum absolute atomic E-state index is 0.0558. The lowest BCUT2D eigenvalue weighted by Gasteiger charge is -2.25. The van der Waals surface area contributed by atoms with Crippen LogP contribution in [0.3, 0.4) is 0 Å². The second-order valence-electron chi connectivity index (χ2n) is 5.66. The topological polar surface area (TPSA) is 87.5 Å². The van der Waals surface area contributed by atoms with Gasteiger partial charge in [-0.2, -0.15) is 0 Å². The molecule has 0 bridgehead atoms. The third kappa shape index (κ3) is 3.87. The SMILES string of the molecule is CC(C)CN(CC(N)=O)C(=O)c1ccc2c(c1)NCCN2. The zero-order valence-corrected chi connectivity index (χ0v) is 12.5. The van der Waals surface area contributed by atoms with E-state index in [2.05, 4.69) is 10.6 Å². The predicted octanol–water partition coefficient (Wildman–Crippen LogP) is 1.11. The lowest BCUT2D eigenvalue weighted by atomic mass is 10.1. The lowest BCUT2D eigenvalue weighted by molar-refractivity contribution is -0.118. The molecule has 0 saturated carbocycles. The quantitative estimate of drug-likeness (QED) is 0.758. The third-order valence-corrected chi connectivity index (χ3v) is 3.24. The Morgan fingerprint density at radius 1 is 1.24 bits per heavy atom. The van der Waals surface area contributed by atoms with Gasteiger partial charge in [0.1, 0.15) is 0 Å². The van der Waals surface area contributed by atoms with Gasteiger partial charge < -0.3 is 21.3 Å². The van der Waals surface area contributed by atoms with Crippen molar-refractivity contribution in [3.63, 3.8) is 0 Å². The molecule has 21 heavy (non-hydrogen) atoms. The number of anilines is 2. The fraction of sp³-hybridized carbons (Fsp3) is 0.467. The summed E-state index contributed by atoms with van der Waals surface area (Å²) in [5.74, 6) is -0.398. The van der Waals surface area contributed by atoms with Crippen LogP contribution in [-0.4, -0.2) is 42.9 Å². The number of primary amides is 1. The van der Waals surface area contributed by atoms with Crippen LogP contribution in [0.4, 0.5) is 11.4 Å². The van der Waals surface area contributed by atoms with Crippen LogP contribution in [0.25, 0.3) is 0 Å². The van der Waals surface area contributed by atoms with Crippen molar-refractivity contribution in [2.45, 2.75) is 13.8 Å². The summed E-state index contributed by atoms with van der Waals surface area (Å²) in [7, 11) is 0. The molecule has 6 nitrogen and oxygen atoms in total. The highest BCUT2D eigenvalue weighted by molar-refractivity contribution is 5.98. The normalized spacial score (nSPS) is 13.1. The van der Waals surface area contributed by atoms with Crippen LogP contribution in [0.5, 0.6) is 0 Å². The summed E-state index contributed by atoms with van der Waals surface area (Å²) in [4.78, 5) is 25.2. The summed E-state index contributed by atoms with van der Waals surface area (Å²) in [6, 6.07) is 5.47. The largest absolute Gasteiger partial charge is 0.382 e. The van der Waals surface area contributed by atoms with E-state index < -0.39 is 5.91 Å². The molecule has 4 N–H and O–H groups in total. The Morgan fingerprint density at radius 3 is 2.52 bits per heavy atom. The average molecular weight is 290 g/mol. The fourth-order valence-corrected chi connectivity index (χ4v) is 2.40. The number of nitrogens with one attached hydrogen (secondary N) is 2. The van der Waals surface area contributed by atoms with E-state index in [-0.39, 0.29) is 18.4 Å². The van der Waals surface area contributed by atoms with Crippen LogP contribution in [0.15, 0.2) is 18.2 Å². The Bertz CT molecular complexity index is 542. The van der Waals surface area contributed by atoms with E-state index in [4.69, 9.17) is 5.73 Å². The monoisotopic (exact) mass is 290 g/mol. The second kappa shape index (κ2) is 6.47. The summed E-state index contributed by atoms with van der Waals surface area (Å²) in [5.41, 5.74) is 7.70. The van der Waals surface area contributed by atoms with Crippen molar-refractivity contribution in [2.75, 3.05) is 36.8 Å². The van der Waals surface area contributed by atoms with Gasteiger partial charge in [0.15, 0.2) is 0 Å². The zero-order valence-electron chi connectivity index (χ0n) is 12.5. The molecule has 0 unspecified atom stereocenters. The Balaban J connectivity index is 2.21. The zero-order chi connectivity index (χ0) is 15.4. The Labute approximate surface area is 124 Å². The maximum absolute atomic E-state index is 12.6. The molecule has 2 rings (SSSR count). The van der Waals surface area contributed by atoms with Crippen molar-refractivity contribution in [3.8, 4) is 0 Å². The fourth-order valence-electron chi connectivity index (χ4n) is 2.40. The van der Waals surface area contributed by atoms with Crippen molar-refractivity contribution in [3.05, 3.63) is 23.8 Å². The molecular formula is C15H22N4O2. The third-order valence-electron chi connectivity index (χ3n) is 3.24. The van der Waals surface area contributed by atoms with Crippen molar-refractivity contribution >= 4 is 23.2 Å². The molecule has 1 aliphatic rings. The first-order valence-electron chi connectivity index (χ1n) is 7.16. The summed E-state index contributed by atoms with van der Waals surface area (Å²) < 4.78 is 0. The molecule has 1 aliphatic heterocycles. The van der Waals surface area contributed by atoms with E-state index in [0.29, 0.717) is 12.1 Å². The van der Waals surface area contributed by atoms with E-state index in [0.717, 1.165) is 24.5 Å². The van der Waals surface area contributed by atoms with Crippen LogP contribution >= 0.6 is 0 Å². The van der Waals surface area contributed by atoms with E-state index in [1.54, 1.807) is 6.07 Å². The number of rotatable bonds is 5. The molecule has 6 heteroatoms. The van der Waals surface area contributed by atoms with Crippen LogP contribution in [0.1, 0.15) is 24.2 Å². The standard InChI is InChI=1S/C15H22N4O2/c1-10(2)8-19(9-14(16)20)15(21)11-3-4-12-13(7-11)18-6-5-17-12/h3-4,7,10,17-18H,5-6,8-9H2,1-2H3,(H2,16,20). The van der Waals surface area contributed by atoms with Crippen LogP contribution in [0.2, 0.25) is 0 Å². The van der Waals surface area contributed by atoms with Crippen molar-refractivity contribution in [1.29, 1.82) is 0 Å². The van der Waals surface area contributed by atoms with Gasteiger partial charge in [-0.3, -0.25) is 9.59 Å². The van der Waals surface area contributed by atoms with Gasteiger partial charge in [-0.05, 0) is 24.1 Å². The highest BCUT2D eigenvalue weighted by atomic mass is 16.2. The summed E-state index contributed by atoms with van der Waals surface area (Å²) in [5, 5.41) is 6.51. The first-order chi connectivity index (χ1) is 9.97. The first-order valence-corrected chi connectivity index (χ1v) is 7.16. The first kappa shape index (κ1) is 15.2. The van der Waals surface area contributed by atoms with Gasteiger partial charge in [0.25, 0.3) is 5.91 Å². The molecule has 0 atom stereocenters. The van der Waals surface area contributed by atoms with Gasteiger partial charge in [0.05, 0.1) is 17.9 Å². The summed E-state index contributed by atoms with van der Waals surface area (Å²) in [6.45, 7) is 6.13. The average Bonchev–Trinajstić information content (AvgIpc) is 2.44. The Kier molecular flexibility index (Phi) is 4.67. The van der Waals surface area contributed by atoms with Gasteiger partial charge >= 0.3 is 0 Å². The molecule has 1 aromatic carbocycles. The minimum atomic E-state index is -0.498. The van der Waals surface area contributed by atoms with Crippen LogP contribution in [-0.2, 0) is 4.79 Å². The molecule has 2 amide bonds. The van der Waals surface area contributed by atoms with Gasteiger partial charge in [-0.1, -0.05) is 13.8 Å². The Morgan fingerprint density at radius 2 is 1.90 bits per heavy atom. The number of nitrogens with two attached hydrogens (primary N) is 1. The number of fused-ring (bicyclic) bond motifs is 1. The smallest absolute Gasteiger partial charge is 0.254 e. The highest BCUT2D eigenvalue weighted by Gasteiger charge is 2.20. The van der Waals surface area contributed by atoms with Crippen molar-refractivity contribution < 1.29 is 9.59 Å². The number of nitrogens with zero attached hydrogens (tertiary/aromatic N) is 1. The predicted molar refractivity (Wildman–Crippen MR) is 83.4 cm³/mol. The van der Waals surface area contributed by atoms with Crippen LogP contribution < -0.4 is 16.4 Å². The minimum Gasteiger partial charge on any atom is -0.382 e. The molecule has 0 aromatic heterocycles. The number of benzene rings is 1. The number of hydrogen-bond donors (Lipinski definition) is 3. The second-order valence-corrected chi connectivity index (χ2v) is 5.66. The Hall–Kier alpha value is -2.24. The van der Waals surface area contributed by atoms with Gasteiger partial charge in [-0.25, -0.2) is 0 Å². The van der Waals surface area contributed by atoms with Crippen LogP contribution in [0, 0.1) is 5.92 Å². The van der Waals surface area contributed by atoms with Crippen molar-refractivity contribution in [1.82, 2.24) is 4.90 Å². The molecule has 0 radical (unpaired) electrons. The van der Waals surface area contributed by atoms with Crippen molar-refractivity contribution in [2.24, 2.45) is 11.7 Å². The maximum atomic E-state index is 12.6. The molecular weight excluding hydrogens is 268 g/mol. The number of carbonyl (C=O) groups is 2. The molecule has 1 aromatic rings. The lowest BCUT2D eigenvalue weighted by Crippen LogP contribution is -2.40. The number of hydrogen-bond acceptors (Lipinski definition) is 4. The van der Waals surface area contributed by atoms with E-state index in [1.807, 2.05) is 26.0 Å². The molecule has 114 valence electrons. The van der Waals surface area contributed by atoms with Gasteiger partial charge in [-0.15, -0.1) is 0 Å². The molecule has 0 saturated heterocycles. The number of carbonyl (C=O) groups excluding carboxylic acids is 2. The molecule has 0 aliphatic carbocycles. The van der Waals surface area contributed by atoms with E-state index in [1.165, 1.54) is 4.90 Å². The highest BCUT2D eigenvalue weighted by Crippen LogP contribution is 2.26. The molecule has 0 spiro atoms. The molecule has 1 heterocycles. The van der Waals surface area contributed by atoms with Gasteiger partial charge in [0.2, 0.25) is 5.91 Å². The summed E-state index contributed by atoms with van der Waals surface area (Å²) in [6.07, 6.45) is 0. The number of amides is 2. The van der Waals surface area contributed by atoms with E-state index in [9.17, 15) is 9.59 Å². The van der Waals surface area contributed by atoms with E-state index >= 15 is 0 Å². The molecule has 0 fully saturated rings. The summed E-state index contributed by atoms with van der Waals surface area (Å²) >= 11 is 0. The van der Waals surface area contributed by atoms with Gasteiger partial charge in [0, 0.05) is 25.2 Å². The maximum Gasteiger partial charge on any atom is 0.254 e.